The highest BCUT2D eigenvalue weighted by atomic mass is 79.9. The Balaban J connectivity index is 1.77. The van der Waals surface area contributed by atoms with Gasteiger partial charge in [0.1, 0.15) is 5.82 Å². The molecule has 0 radical (unpaired) electrons. The van der Waals surface area contributed by atoms with Gasteiger partial charge in [-0.25, -0.2) is 4.39 Å². The lowest BCUT2D eigenvalue weighted by Crippen LogP contribution is -2.21. The second-order valence-corrected chi connectivity index (χ2v) is 5.22. The Kier molecular flexibility index (Phi) is 5.04. The standard InChI is InChI=1S/C13H16BrFN4/c1-10(11-3-4-13(15)12(14)9-11)16-5-2-7-19-8-6-17-18-19/h3-4,6,8-10,16H,2,5,7H2,1H3. The van der Waals surface area contributed by atoms with Crippen LogP contribution < -0.4 is 5.32 Å². The number of aryl methyl sites for hydroxylation is 1. The van der Waals surface area contributed by atoms with E-state index in [0.29, 0.717) is 4.47 Å². The van der Waals surface area contributed by atoms with Crippen molar-refractivity contribution in [3.63, 3.8) is 0 Å². The van der Waals surface area contributed by atoms with Crippen LogP contribution in [0.1, 0.15) is 24.9 Å². The van der Waals surface area contributed by atoms with Crippen molar-refractivity contribution in [3.8, 4) is 0 Å². The lowest BCUT2D eigenvalue weighted by atomic mass is 10.1. The number of nitrogens with one attached hydrogen (secondary N) is 1. The largest absolute Gasteiger partial charge is 0.310 e. The molecular formula is C13H16BrFN4. The van der Waals surface area contributed by atoms with Gasteiger partial charge in [-0.1, -0.05) is 11.3 Å². The lowest BCUT2D eigenvalue weighted by molar-refractivity contribution is 0.499. The van der Waals surface area contributed by atoms with Crippen molar-refractivity contribution in [2.24, 2.45) is 0 Å². The van der Waals surface area contributed by atoms with E-state index in [1.807, 2.05) is 12.3 Å². The summed E-state index contributed by atoms with van der Waals surface area (Å²) < 4.78 is 15.5. The van der Waals surface area contributed by atoms with E-state index in [2.05, 4.69) is 38.5 Å². The van der Waals surface area contributed by atoms with Gasteiger partial charge in [-0.15, -0.1) is 5.10 Å². The van der Waals surface area contributed by atoms with Crippen LogP contribution in [-0.4, -0.2) is 21.5 Å². The van der Waals surface area contributed by atoms with Crippen molar-refractivity contribution < 1.29 is 4.39 Å². The maximum absolute atomic E-state index is 13.1. The van der Waals surface area contributed by atoms with Gasteiger partial charge in [0.2, 0.25) is 0 Å². The number of hydrogen-bond acceptors (Lipinski definition) is 3. The molecule has 0 fully saturated rings. The molecule has 1 heterocycles. The van der Waals surface area contributed by atoms with Gasteiger partial charge >= 0.3 is 0 Å². The van der Waals surface area contributed by atoms with Gasteiger partial charge in [0.05, 0.1) is 10.7 Å². The van der Waals surface area contributed by atoms with E-state index in [-0.39, 0.29) is 11.9 Å². The van der Waals surface area contributed by atoms with Crippen LogP contribution in [0, 0.1) is 5.82 Å². The van der Waals surface area contributed by atoms with E-state index < -0.39 is 0 Å². The van der Waals surface area contributed by atoms with Crippen LogP contribution in [0.3, 0.4) is 0 Å². The van der Waals surface area contributed by atoms with E-state index in [0.717, 1.165) is 25.1 Å². The molecule has 0 bridgehead atoms. The Morgan fingerprint density at radius 1 is 1.47 bits per heavy atom. The Hall–Kier alpha value is -1.27. The van der Waals surface area contributed by atoms with E-state index in [4.69, 9.17) is 0 Å². The third kappa shape index (κ3) is 4.11. The summed E-state index contributed by atoms with van der Waals surface area (Å²) in [5.74, 6) is -0.234. The minimum Gasteiger partial charge on any atom is -0.310 e. The van der Waals surface area contributed by atoms with Crippen molar-refractivity contribution in [1.29, 1.82) is 0 Å². The zero-order chi connectivity index (χ0) is 13.7. The molecule has 2 rings (SSSR count). The molecular weight excluding hydrogens is 311 g/mol. The summed E-state index contributed by atoms with van der Waals surface area (Å²) in [6.45, 7) is 3.78. The van der Waals surface area contributed by atoms with E-state index in [1.54, 1.807) is 16.9 Å². The van der Waals surface area contributed by atoms with Crippen LogP contribution >= 0.6 is 15.9 Å². The van der Waals surface area contributed by atoms with Crippen LogP contribution in [0.2, 0.25) is 0 Å². The zero-order valence-corrected chi connectivity index (χ0v) is 12.3. The van der Waals surface area contributed by atoms with Gasteiger partial charge in [0, 0.05) is 18.8 Å². The van der Waals surface area contributed by atoms with E-state index in [1.165, 1.54) is 6.07 Å². The first-order chi connectivity index (χ1) is 9.16. The molecule has 1 atom stereocenters. The predicted molar refractivity (Wildman–Crippen MR) is 75.2 cm³/mol. The molecule has 0 saturated carbocycles. The molecule has 1 unspecified atom stereocenters. The summed E-state index contributed by atoms with van der Waals surface area (Å²) in [7, 11) is 0. The van der Waals surface area contributed by atoms with Crippen LogP contribution in [0.5, 0.6) is 0 Å². The molecule has 19 heavy (non-hydrogen) atoms. The molecule has 4 nitrogen and oxygen atoms in total. The summed E-state index contributed by atoms with van der Waals surface area (Å²) in [4.78, 5) is 0. The summed E-state index contributed by atoms with van der Waals surface area (Å²) in [6, 6.07) is 5.28. The van der Waals surface area contributed by atoms with Crippen molar-refractivity contribution in [2.75, 3.05) is 6.54 Å². The fourth-order valence-corrected chi connectivity index (χ4v) is 2.21. The number of halogens is 2. The van der Waals surface area contributed by atoms with Gasteiger partial charge in [-0.05, 0) is 53.5 Å². The number of nitrogens with zero attached hydrogens (tertiary/aromatic N) is 3. The molecule has 0 aliphatic carbocycles. The third-order valence-electron chi connectivity index (χ3n) is 2.93. The molecule has 1 N–H and O–H groups in total. The molecule has 102 valence electrons. The number of hydrogen-bond donors (Lipinski definition) is 1. The van der Waals surface area contributed by atoms with E-state index >= 15 is 0 Å². The Morgan fingerprint density at radius 2 is 2.32 bits per heavy atom. The van der Waals surface area contributed by atoms with Crippen molar-refractivity contribution in [3.05, 3.63) is 46.4 Å². The smallest absolute Gasteiger partial charge is 0.137 e. The monoisotopic (exact) mass is 326 g/mol. The molecule has 0 saturated heterocycles. The SMILES string of the molecule is CC(NCCCn1ccnn1)c1ccc(F)c(Br)c1. The molecule has 6 heteroatoms. The maximum atomic E-state index is 13.1. The highest BCUT2D eigenvalue weighted by Crippen LogP contribution is 2.21. The van der Waals surface area contributed by atoms with Gasteiger partial charge in [-0.3, -0.25) is 4.68 Å². The first kappa shape index (κ1) is 14.1. The van der Waals surface area contributed by atoms with Crippen LogP contribution in [0.15, 0.2) is 35.1 Å². The Labute approximate surface area is 120 Å². The number of aromatic nitrogens is 3. The van der Waals surface area contributed by atoms with Gasteiger partial charge in [0.25, 0.3) is 0 Å². The number of benzene rings is 1. The first-order valence-electron chi connectivity index (χ1n) is 6.19. The van der Waals surface area contributed by atoms with Crippen molar-refractivity contribution in [2.45, 2.75) is 25.9 Å². The number of rotatable bonds is 6. The third-order valence-corrected chi connectivity index (χ3v) is 3.54. The minimum absolute atomic E-state index is 0.188. The van der Waals surface area contributed by atoms with Crippen LogP contribution in [0.4, 0.5) is 4.39 Å². The second kappa shape index (κ2) is 6.77. The van der Waals surface area contributed by atoms with Gasteiger partial charge < -0.3 is 5.32 Å². The molecule has 1 aromatic heterocycles. The Bertz CT molecular complexity index is 515. The summed E-state index contributed by atoms with van der Waals surface area (Å²) in [6.07, 6.45) is 4.49. The predicted octanol–water partition coefficient (Wildman–Crippen LogP) is 2.92. The lowest BCUT2D eigenvalue weighted by Gasteiger charge is -2.14. The normalized spacial score (nSPS) is 12.6. The van der Waals surface area contributed by atoms with E-state index in [9.17, 15) is 4.39 Å². The fraction of sp³-hybridized carbons (Fsp3) is 0.385. The highest BCUT2D eigenvalue weighted by molar-refractivity contribution is 9.10. The van der Waals surface area contributed by atoms with Gasteiger partial charge in [0.15, 0.2) is 0 Å². The summed E-state index contributed by atoms with van der Waals surface area (Å²) in [5, 5.41) is 11.1. The molecule has 0 aliphatic heterocycles. The van der Waals surface area contributed by atoms with Crippen LogP contribution in [0.25, 0.3) is 0 Å². The quantitative estimate of drug-likeness (QED) is 0.830. The Morgan fingerprint density at radius 3 is 3.00 bits per heavy atom. The average Bonchev–Trinajstić information content (AvgIpc) is 2.91. The molecule has 2 aromatic rings. The molecule has 0 aliphatic rings. The average molecular weight is 327 g/mol. The molecule has 1 aromatic carbocycles. The first-order valence-corrected chi connectivity index (χ1v) is 6.98. The maximum Gasteiger partial charge on any atom is 0.137 e. The minimum atomic E-state index is -0.234. The second-order valence-electron chi connectivity index (χ2n) is 4.37. The fourth-order valence-electron chi connectivity index (χ4n) is 1.81. The topological polar surface area (TPSA) is 42.7 Å². The van der Waals surface area contributed by atoms with Crippen LogP contribution in [-0.2, 0) is 6.54 Å². The molecule has 0 amide bonds. The summed E-state index contributed by atoms with van der Waals surface area (Å²) >= 11 is 3.20. The highest BCUT2D eigenvalue weighted by Gasteiger charge is 2.07. The van der Waals surface area contributed by atoms with Gasteiger partial charge in [-0.2, -0.15) is 0 Å². The van der Waals surface area contributed by atoms with Crippen molar-refractivity contribution >= 4 is 15.9 Å². The zero-order valence-electron chi connectivity index (χ0n) is 10.7. The summed E-state index contributed by atoms with van der Waals surface area (Å²) in [5.41, 5.74) is 1.06. The van der Waals surface area contributed by atoms with Crippen molar-refractivity contribution in [1.82, 2.24) is 20.3 Å². The molecule has 0 spiro atoms.